The summed E-state index contributed by atoms with van der Waals surface area (Å²) in [5, 5.41) is 18.3. The van der Waals surface area contributed by atoms with Gasteiger partial charge in [-0.05, 0) is 67.6 Å². The number of carbonyl (C=O) groups is 3. The van der Waals surface area contributed by atoms with E-state index in [0.717, 1.165) is 47.9 Å². The van der Waals surface area contributed by atoms with Crippen molar-refractivity contribution in [2.45, 2.75) is 31.6 Å². The number of ether oxygens (including phenoxy) is 1. The van der Waals surface area contributed by atoms with Crippen LogP contribution in [0.25, 0.3) is 21.8 Å². The van der Waals surface area contributed by atoms with Gasteiger partial charge in [-0.25, -0.2) is 4.98 Å². The molecule has 3 amide bonds. The minimum atomic E-state index is -0.441. The van der Waals surface area contributed by atoms with E-state index in [1.54, 1.807) is 19.3 Å². The SMILES string of the molecule is CNC(=O)COc1cc2cc(Nc3nc(NC[C@@H]4CCCN(c5ccc6c(C7CCC(=O)NC7=O)nn(C)c6c5)C4)ncc3Cl)ccc2n(C)c1=O. The van der Waals surface area contributed by atoms with Gasteiger partial charge in [0, 0.05) is 69.3 Å². The molecular formula is C36H39ClN10O5. The summed E-state index contributed by atoms with van der Waals surface area (Å²) in [7, 11) is 5.03. The van der Waals surface area contributed by atoms with Crippen LogP contribution in [0.5, 0.6) is 5.75 Å². The zero-order valence-electron chi connectivity index (χ0n) is 29.0. The summed E-state index contributed by atoms with van der Waals surface area (Å²) in [6.07, 6.45) is 4.39. The molecule has 2 saturated heterocycles. The number of imide groups is 1. The molecule has 52 heavy (non-hydrogen) atoms. The number of nitrogens with one attached hydrogen (secondary N) is 4. The van der Waals surface area contributed by atoms with Crippen molar-refractivity contribution in [3.63, 3.8) is 0 Å². The maximum absolute atomic E-state index is 12.8. The number of pyridine rings is 1. The Morgan fingerprint density at radius 1 is 1.08 bits per heavy atom. The predicted molar refractivity (Wildman–Crippen MR) is 198 cm³/mol. The van der Waals surface area contributed by atoms with Gasteiger partial charge in [0.05, 0.1) is 28.8 Å². The molecule has 270 valence electrons. The minimum absolute atomic E-state index is 0.0695. The van der Waals surface area contributed by atoms with Crippen molar-refractivity contribution in [2.24, 2.45) is 20.0 Å². The molecule has 16 heteroatoms. The molecule has 7 rings (SSSR count). The van der Waals surface area contributed by atoms with Crippen molar-refractivity contribution in [1.82, 2.24) is 34.9 Å². The molecule has 2 fully saturated rings. The lowest BCUT2D eigenvalue weighted by molar-refractivity contribution is -0.134. The summed E-state index contributed by atoms with van der Waals surface area (Å²) >= 11 is 6.50. The Morgan fingerprint density at radius 3 is 2.73 bits per heavy atom. The van der Waals surface area contributed by atoms with Crippen molar-refractivity contribution in [1.29, 1.82) is 0 Å². The fraction of sp³-hybridized carbons (Fsp3) is 0.361. The van der Waals surface area contributed by atoms with E-state index in [4.69, 9.17) is 16.3 Å². The lowest BCUT2D eigenvalue weighted by Gasteiger charge is -2.34. The summed E-state index contributed by atoms with van der Waals surface area (Å²) in [6, 6.07) is 13.3. The second-order valence-corrected chi connectivity index (χ2v) is 13.6. The van der Waals surface area contributed by atoms with Crippen LogP contribution in [0.3, 0.4) is 0 Å². The number of hydrogen-bond acceptors (Lipinski definition) is 11. The number of aromatic nitrogens is 5. The number of benzene rings is 2. The number of rotatable bonds is 10. The molecular weight excluding hydrogens is 688 g/mol. The smallest absolute Gasteiger partial charge is 0.293 e. The molecule has 0 radical (unpaired) electrons. The second-order valence-electron chi connectivity index (χ2n) is 13.2. The lowest BCUT2D eigenvalue weighted by atomic mass is 9.92. The largest absolute Gasteiger partial charge is 0.478 e. The lowest BCUT2D eigenvalue weighted by Crippen LogP contribution is -2.39. The molecule has 0 saturated carbocycles. The van der Waals surface area contributed by atoms with Crippen molar-refractivity contribution in [3.05, 3.63) is 69.7 Å². The van der Waals surface area contributed by atoms with E-state index >= 15 is 0 Å². The van der Waals surface area contributed by atoms with Gasteiger partial charge >= 0.3 is 0 Å². The van der Waals surface area contributed by atoms with Crippen LogP contribution in [0.4, 0.5) is 23.1 Å². The summed E-state index contributed by atoms with van der Waals surface area (Å²) < 4.78 is 8.77. The maximum Gasteiger partial charge on any atom is 0.293 e. The van der Waals surface area contributed by atoms with Crippen LogP contribution in [0, 0.1) is 5.92 Å². The van der Waals surface area contributed by atoms with E-state index < -0.39 is 5.92 Å². The highest BCUT2D eigenvalue weighted by molar-refractivity contribution is 6.33. The normalized spacial score (nSPS) is 17.7. The Bertz CT molecular complexity index is 2270. The minimum Gasteiger partial charge on any atom is -0.478 e. The van der Waals surface area contributed by atoms with Crippen LogP contribution in [-0.2, 0) is 28.5 Å². The molecule has 2 aliphatic rings. The van der Waals surface area contributed by atoms with Crippen LogP contribution in [0.2, 0.25) is 5.02 Å². The van der Waals surface area contributed by atoms with Crippen LogP contribution < -0.4 is 36.5 Å². The standard InChI is InChI=1S/C36H39ClN10O5/c1-38-31(49)19-52-29-14-21-13-22(6-10-27(21)45(2)35(29)51)41-33-26(37)17-40-36(43-33)39-16-20-5-4-12-47(18-20)23-7-8-24-28(15-23)46(3)44-32(24)25-9-11-30(48)42-34(25)50/h6-8,10,13-15,17,20,25H,4-5,9,11-12,16,18-19H2,1-3H3,(H,38,49)(H,42,48,50)(H2,39,40,41,43)/t20-,25?/m0/s1. The van der Waals surface area contributed by atoms with E-state index in [2.05, 4.69) is 53.4 Å². The number of amides is 3. The van der Waals surface area contributed by atoms with E-state index in [9.17, 15) is 19.2 Å². The zero-order chi connectivity index (χ0) is 36.5. The van der Waals surface area contributed by atoms with Crippen LogP contribution in [0.15, 0.2) is 53.5 Å². The van der Waals surface area contributed by atoms with Gasteiger partial charge in [0.25, 0.3) is 11.5 Å². The number of halogens is 1. The van der Waals surface area contributed by atoms with Crippen molar-refractivity contribution in [2.75, 3.05) is 48.8 Å². The first kappa shape index (κ1) is 34.7. The Hall–Kier alpha value is -5.70. The molecule has 2 atom stereocenters. The van der Waals surface area contributed by atoms with Gasteiger partial charge < -0.3 is 30.2 Å². The Balaban J connectivity index is 1.01. The number of fused-ring (bicyclic) bond motifs is 2. The summed E-state index contributed by atoms with van der Waals surface area (Å²) in [5.74, 6) is -0.0475. The fourth-order valence-electron chi connectivity index (χ4n) is 6.91. The monoisotopic (exact) mass is 726 g/mol. The number of nitrogens with zero attached hydrogens (tertiary/aromatic N) is 6. The molecule has 2 aliphatic heterocycles. The maximum atomic E-state index is 12.8. The molecule has 5 heterocycles. The van der Waals surface area contributed by atoms with Crippen molar-refractivity contribution >= 4 is 74.3 Å². The molecule has 4 N–H and O–H groups in total. The Labute approximate surface area is 303 Å². The molecule has 0 bridgehead atoms. The van der Waals surface area contributed by atoms with Crippen molar-refractivity contribution in [3.8, 4) is 5.75 Å². The molecule has 1 unspecified atom stereocenters. The van der Waals surface area contributed by atoms with Gasteiger partial charge in [-0.15, -0.1) is 0 Å². The highest BCUT2D eigenvalue weighted by Crippen LogP contribution is 2.34. The van der Waals surface area contributed by atoms with E-state index in [0.29, 0.717) is 59.0 Å². The summed E-state index contributed by atoms with van der Waals surface area (Å²) in [4.78, 5) is 60.1. The highest BCUT2D eigenvalue weighted by Gasteiger charge is 2.32. The average Bonchev–Trinajstić information content (AvgIpc) is 3.47. The molecule has 5 aromatic rings. The first-order valence-corrected chi connectivity index (χ1v) is 17.5. The number of anilines is 4. The first-order chi connectivity index (χ1) is 25.1. The first-order valence-electron chi connectivity index (χ1n) is 17.1. The highest BCUT2D eigenvalue weighted by atomic mass is 35.5. The van der Waals surface area contributed by atoms with Crippen LogP contribution in [0.1, 0.15) is 37.3 Å². The molecule has 0 spiro atoms. The van der Waals surface area contributed by atoms with Gasteiger partial charge in [0.2, 0.25) is 17.8 Å². The predicted octanol–water partition coefficient (Wildman–Crippen LogP) is 3.59. The van der Waals surface area contributed by atoms with Gasteiger partial charge in [0.1, 0.15) is 5.02 Å². The average molecular weight is 727 g/mol. The molecule has 0 aliphatic carbocycles. The number of piperidine rings is 2. The van der Waals surface area contributed by atoms with Gasteiger partial charge in [0.15, 0.2) is 18.2 Å². The van der Waals surface area contributed by atoms with Crippen LogP contribution in [-0.4, -0.2) is 75.3 Å². The zero-order valence-corrected chi connectivity index (χ0v) is 29.8. The number of likely N-dealkylation sites (N-methyl/N-ethyl adjacent to an activating group) is 1. The Kier molecular flexibility index (Phi) is 9.69. The third-order valence-electron chi connectivity index (χ3n) is 9.70. The molecule has 2 aromatic carbocycles. The number of aryl methyl sites for hydroxylation is 2. The number of carbonyl (C=O) groups excluding carboxylic acids is 3. The third kappa shape index (κ3) is 7.08. The van der Waals surface area contributed by atoms with Gasteiger partial charge in [-0.3, -0.25) is 29.2 Å². The van der Waals surface area contributed by atoms with Gasteiger partial charge in [-0.2, -0.15) is 10.1 Å². The fourth-order valence-corrected chi connectivity index (χ4v) is 7.05. The van der Waals surface area contributed by atoms with Crippen LogP contribution >= 0.6 is 11.6 Å². The third-order valence-corrected chi connectivity index (χ3v) is 9.98. The van der Waals surface area contributed by atoms with E-state index in [-0.39, 0.29) is 35.6 Å². The number of hydrogen-bond donors (Lipinski definition) is 4. The summed E-state index contributed by atoms with van der Waals surface area (Å²) in [6.45, 7) is 2.15. The summed E-state index contributed by atoms with van der Waals surface area (Å²) in [5.41, 5.74) is 3.77. The Morgan fingerprint density at radius 2 is 1.92 bits per heavy atom. The second kappa shape index (κ2) is 14.5. The quantitative estimate of drug-likeness (QED) is 0.155. The van der Waals surface area contributed by atoms with Crippen molar-refractivity contribution < 1.29 is 19.1 Å². The van der Waals surface area contributed by atoms with Gasteiger partial charge in [-0.1, -0.05) is 11.6 Å². The van der Waals surface area contributed by atoms with E-state index in [1.165, 1.54) is 11.6 Å². The molecule has 15 nitrogen and oxygen atoms in total. The topological polar surface area (TPSA) is 177 Å². The van der Waals surface area contributed by atoms with E-state index in [1.807, 2.05) is 36.0 Å². The molecule has 3 aromatic heterocycles.